The summed E-state index contributed by atoms with van der Waals surface area (Å²) in [6.45, 7) is 0.541. The fourth-order valence-corrected chi connectivity index (χ4v) is 2.12. The molecule has 0 radical (unpaired) electrons. The molecule has 18 heavy (non-hydrogen) atoms. The highest BCUT2D eigenvalue weighted by Gasteiger charge is 2.07. The van der Waals surface area contributed by atoms with E-state index >= 15 is 0 Å². The molecule has 0 saturated heterocycles. The largest absolute Gasteiger partial charge is 0.504 e. The summed E-state index contributed by atoms with van der Waals surface area (Å²) in [6, 6.07) is 6.02. The van der Waals surface area contributed by atoms with Gasteiger partial charge in [-0.25, -0.2) is 4.79 Å². The first-order chi connectivity index (χ1) is 8.70. The van der Waals surface area contributed by atoms with Crippen molar-refractivity contribution in [2.75, 3.05) is 11.0 Å². The van der Waals surface area contributed by atoms with Crippen molar-refractivity contribution in [2.24, 2.45) is 0 Å². The average molecular weight is 360 g/mol. The second kappa shape index (κ2) is 6.08. The third kappa shape index (κ3) is 3.16. The molecule has 0 spiro atoms. The van der Waals surface area contributed by atoms with E-state index in [-0.39, 0.29) is 5.75 Å². The Bertz CT molecular complexity index is 591. The van der Waals surface area contributed by atoms with E-state index in [1.165, 1.54) is 12.1 Å². The summed E-state index contributed by atoms with van der Waals surface area (Å²) in [4.78, 5) is 11.1. The third-order valence-electron chi connectivity index (χ3n) is 2.49. The number of fused-ring (bicyclic) bond motifs is 1. The summed E-state index contributed by atoms with van der Waals surface area (Å²) in [6.07, 6.45) is 2.00. The van der Waals surface area contributed by atoms with Crippen molar-refractivity contribution >= 4 is 33.6 Å². The van der Waals surface area contributed by atoms with Crippen LogP contribution in [0.5, 0.6) is 11.5 Å². The quantitative estimate of drug-likeness (QED) is 0.385. The molecule has 2 rings (SSSR count). The Labute approximate surface area is 118 Å². The van der Waals surface area contributed by atoms with E-state index in [1.54, 1.807) is 12.1 Å². The Morgan fingerprint density at radius 1 is 1.28 bits per heavy atom. The van der Waals surface area contributed by atoms with Crippen LogP contribution < -0.4 is 10.4 Å². The van der Waals surface area contributed by atoms with Crippen molar-refractivity contribution in [3.63, 3.8) is 0 Å². The van der Waals surface area contributed by atoms with Gasteiger partial charge in [0, 0.05) is 17.5 Å². The van der Waals surface area contributed by atoms with Gasteiger partial charge in [0.25, 0.3) is 0 Å². The molecule has 0 atom stereocenters. The van der Waals surface area contributed by atoms with Gasteiger partial charge in [-0.15, -0.1) is 0 Å². The summed E-state index contributed by atoms with van der Waals surface area (Å²) in [5.41, 5.74) is 0.00763. The first kappa shape index (κ1) is 13.2. The SMILES string of the molecule is O=c1ccc2cc(O)c(OCCCCI)cc2o1. The molecule has 1 aromatic heterocycles. The smallest absolute Gasteiger partial charge is 0.336 e. The van der Waals surface area contributed by atoms with Crippen LogP contribution in [0, 0.1) is 0 Å². The monoisotopic (exact) mass is 360 g/mol. The lowest BCUT2D eigenvalue weighted by atomic mass is 10.2. The van der Waals surface area contributed by atoms with E-state index in [0.29, 0.717) is 23.3 Å². The first-order valence-electron chi connectivity index (χ1n) is 5.66. The molecule has 0 aliphatic heterocycles. The highest BCUT2D eigenvalue weighted by Crippen LogP contribution is 2.30. The maximum absolute atomic E-state index is 11.1. The van der Waals surface area contributed by atoms with E-state index in [1.807, 2.05) is 0 Å². The summed E-state index contributed by atoms with van der Waals surface area (Å²) >= 11 is 2.31. The number of halogens is 1. The lowest BCUT2D eigenvalue weighted by Gasteiger charge is -2.08. The summed E-state index contributed by atoms with van der Waals surface area (Å²) in [5, 5.41) is 10.5. The van der Waals surface area contributed by atoms with Crippen LogP contribution >= 0.6 is 22.6 Å². The van der Waals surface area contributed by atoms with Crippen LogP contribution in [0.4, 0.5) is 0 Å². The Morgan fingerprint density at radius 3 is 2.89 bits per heavy atom. The average Bonchev–Trinajstić information content (AvgIpc) is 2.35. The van der Waals surface area contributed by atoms with E-state index in [4.69, 9.17) is 9.15 Å². The number of phenols is 1. The zero-order valence-corrected chi connectivity index (χ0v) is 11.8. The second-order valence-electron chi connectivity index (χ2n) is 3.86. The van der Waals surface area contributed by atoms with Crippen molar-refractivity contribution in [1.29, 1.82) is 0 Å². The molecule has 0 bridgehead atoms. The number of hydrogen-bond donors (Lipinski definition) is 1. The van der Waals surface area contributed by atoms with Crippen molar-refractivity contribution in [1.82, 2.24) is 0 Å². The van der Waals surface area contributed by atoms with Gasteiger partial charge in [0.05, 0.1) is 6.61 Å². The van der Waals surface area contributed by atoms with Crippen molar-refractivity contribution in [3.05, 3.63) is 34.7 Å². The van der Waals surface area contributed by atoms with Gasteiger partial charge in [0.1, 0.15) is 5.58 Å². The molecule has 0 unspecified atom stereocenters. The van der Waals surface area contributed by atoms with Gasteiger partial charge in [-0.2, -0.15) is 0 Å². The Kier molecular flexibility index (Phi) is 4.46. The topological polar surface area (TPSA) is 59.7 Å². The van der Waals surface area contributed by atoms with Gasteiger partial charge in [-0.1, -0.05) is 22.6 Å². The molecule has 2 aromatic rings. The summed E-state index contributed by atoms with van der Waals surface area (Å²) < 4.78 is 11.6. The van der Waals surface area contributed by atoms with E-state index in [9.17, 15) is 9.90 Å². The molecule has 1 N–H and O–H groups in total. The number of aromatic hydroxyl groups is 1. The molecule has 1 aromatic carbocycles. The van der Waals surface area contributed by atoms with Crippen LogP contribution in [-0.2, 0) is 0 Å². The van der Waals surface area contributed by atoms with Crippen LogP contribution in [0.15, 0.2) is 33.5 Å². The molecule has 0 amide bonds. The molecule has 96 valence electrons. The molecule has 0 aliphatic rings. The number of benzene rings is 1. The first-order valence-corrected chi connectivity index (χ1v) is 7.19. The molecule has 1 heterocycles. The van der Waals surface area contributed by atoms with Crippen LogP contribution in [0.25, 0.3) is 11.0 Å². The minimum absolute atomic E-state index is 0.0609. The van der Waals surface area contributed by atoms with Gasteiger partial charge in [-0.3, -0.25) is 0 Å². The second-order valence-corrected chi connectivity index (χ2v) is 4.94. The molecule has 0 fully saturated rings. The molecule has 0 aliphatic carbocycles. The minimum Gasteiger partial charge on any atom is -0.504 e. The highest BCUT2D eigenvalue weighted by molar-refractivity contribution is 14.1. The van der Waals surface area contributed by atoms with Crippen LogP contribution in [0.3, 0.4) is 0 Å². The fraction of sp³-hybridized carbons (Fsp3) is 0.308. The van der Waals surface area contributed by atoms with Crippen molar-refractivity contribution < 1.29 is 14.3 Å². The molecule has 4 nitrogen and oxygen atoms in total. The van der Waals surface area contributed by atoms with Crippen molar-refractivity contribution in [2.45, 2.75) is 12.8 Å². The lowest BCUT2D eigenvalue weighted by Crippen LogP contribution is -1.99. The number of phenolic OH excluding ortho intramolecular Hbond substituents is 1. The van der Waals surface area contributed by atoms with Gasteiger partial charge < -0.3 is 14.3 Å². The van der Waals surface area contributed by atoms with E-state index in [2.05, 4.69) is 22.6 Å². The summed E-state index contributed by atoms with van der Waals surface area (Å²) in [5.74, 6) is 0.413. The zero-order valence-electron chi connectivity index (χ0n) is 9.69. The molecule has 0 saturated carbocycles. The number of ether oxygens (including phenoxy) is 1. The van der Waals surface area contributed by atoms with E-state index < -0.39 is 5.63 Å². The number of hydrogen-bond acceptors (Lipinski definition) is 4. The van der Waals surface area contributed by atoms with Gasteiger partial charge in [0.2, 0.25) is 0 Å². The highest BCUT2D eigenvalue weighted by atomic mass is 127. The van der Waals surface area contributed by atoms with Gasteiger partial charge >= 0.3 is 5.63 Å². The summed E-state index contributed by atoms with van der Waals surface area (Å²) in [7, 11) is 0. The number of rotatable bonds is 5. The standard InChI is InChI=1S/C13H13IO4/c14-5-1-2-6-17-12-8-11-9(7-10(12)15)3-4-13(16)18-11/h3-4,7-8,15H,1-2,5-6H2. The van der Waals surface area contributed by atoms with Gasteiger partial charge in [0.15, 0.2) is 11.5 Å². The maximum Gasteiger partial charge on any atom is 0.336 e. The molecular formula is C13H13IO4. The predicted molar refractivity (Wildman–Crippen MR) is 77.8 cm³/mol. The minimum atomic E-state index is -0.413. The van der Waals surface area contributed by atoms with Crippen LogP contribution in [0.1, 0.15) is 12.8 Å². The number of unbranched alkanes of at least 4 members (excludes halogenated alkanes) is 1. The molecular weight excluding hydrogens is 347 g/mol. The molecule has 5 heteroatoms. The third-order valence-corrected chi connectivity index (χ3v) is 3.25. The Balaban J connectivity index is 2.22. The van der Waals surface area contributed by atoms with Crippen LogP contribution in [-0.4, -0.2) is 16.1 Å². The van der Waals surface area contributed by atoms with Crippen LogP contribution in [0.2, 0.25) is 0 Å². The van der Waals surface area contributed by atoms with Gasteiger partial charge in [-0.05, 0) is 29.4 Å². The number of alkyl halides is 1. The predicted octanol–water partition coefficient (Wildman–Crippen LogP) is 3.09. The fourth-order valence-electron chi connectivity index (χ4n) is 1.58. The Morgan fingerprint density at radius 2 is 2.11 bits per heavy atom. The zero-order chi connectivity index (χ0) is 13.0. The van der Waals surface area contributed by atoms with E-state index in [0.717, 1.165) is 17.3 Å². The maximum atomic E-state index is 11.1. The lowest BCUT2D eigenvalue weighted by molar-refractivity contribution is 0.293. The Hall–Kier alpha value is -1.24. The normalized spacial score (nSPS) is 10.7. The van der Waals surface area contributed by atoms with Crippen molar-refractivity contribution in [3.8, 4) is 11.5 Å².